The molecule has 1 aliphatic heterocycles. The molecule has 1 heterocycles. The molecule has 1 fully saturated rings. The van der Waals surface area contributed by atoms with Crippen LogP contribution >= 0.6 is 0 Å². The predicted molar refractivity (Wildman–Crippen MR) is 76.9 cm³/mol. The number of hydrogen-bond donors (Lipinski definition) is 1. The summed E-state index contributed by atoms with van der Waals surface area (Å²) in [7, 11) is -0.0804. The molecule has 0 saturated carbocycles. The molecule has 1 unspecified atom stereocenters. The summed E-state index contributed by atoms with van der Waals surface area (Å²) in [5.41, 5.74) is 0.763. The second-order valence-corrected chi connectivity index (χ2v) is 6.89. The molecule has 2 rings (SSSR count). The summed E-state index contributed by atoms with van der Waals surface area (Å²) >= 11 is 0. The van der Waals surface area contributed by atoms with Crippen molar-refractivity contribution in [2.45, 2.75) is 11.0 Å². The van der Waals surface area contributed by atoms with Gasteiger partial charge in [-0.2, -0.15) is 4.31 Å². The van der Waals surface area contributed by atoms with E-state index in [9.17, 15) is 13.2 Å². The second-order valence-electron chi connectivity index (χ2n) is 4.95. The lowest BCUT2D eigenvalue weighted by atomic mass is 10.3. The molecule has 1 atom stereocenters. The maximum Gasteiger partial charge on any atom is 0.334 e. The quantitative estimate of drug-likeness (QED) is 0.856. The number of ether oxygens (including phenoxy) is 1. The summed E-state index contributed by atoms with van der Waals surface area (Å²) in [6.45, 7) is 0.0474. The average molecular weight is 314 g/mol. The van der Waals surface area contributed by atoms with E-state index in [1.54, 1.807) is 23.1 Å². The van der Waals surface area contributed by atoms with Crippen LogP contribution in [0.3, 0.4) is 0 Å². The number of rotatable bonds is 4. The van der Waals surface area contributed by atoms with Gasteiger partial charge in [0.2, 0.25) is 10.0 Å². The van der Waals surface area contributed by atoms with Crippen LogP contribution in [0.4, 0.5) is 5.69 Å². The number of carboxylic acid groups (broad SMARTS) is 1. The molecule has 0 spiro atoms. The van der Waals surface area contributed by atoms with Crippen molar-refractivity contribution in [2.24, 2.45) is 0 Å². The summed E-state index contributed by atoms with van der Waals surface area (Å²) in [5, 5.41) is 8.96. The molecule has 21 heavy (non-hydrogen) atoms. The molecule has 0 bridgehead atoms. The highest BCUT2D eigenvalue weighted by Gasteiger charge is 2.34. The Hall–Kier alpha value is -1.64. The molecule has 0 aliphatic carbocycles. The van der Waals surface area contributed by atoms with E-state index in [1.165, 1.54) is 6.07 Å². The molecule has 1 aromatic carbocycles. The SMILES string of the molecule is CN(C)c1cccc(S(=O)(=O)N2CCOC(C(=O)O)C2)c1. The zero-order valence-electron chi connectivity index (χ0n) is 11.9. The minimum absolute atomic E-state index is 0.0730. The van der Waals surface area contributed by atoms with Crippen LogP contribution in [0, 0.1) is 0 Å². The molecule has 1 saturated heterocycles. The van der Waals surface area contributed by atoms with E-state index in [0.717, 1.165) is 9.99 Å². The van der Waals surface area contributed by atoms with E-state index in [1.807, 2.05) is 14.1 Å². The van der Waals surface area contributed by atoms with Crippen molar-refractivity contribution in [3.8, 4) is 0 Å². The Morgan fingerprint density at radius 2 is 2.14 bits per heavy atom. The van der Waals surface area contributed by atoms with E-state index < -0.39 is 22.1 Å². The van der Waals surface area contributed by atoms with Gasteiger partial charge in [-0.25, -0.2) is 13.2 Å². The predicted octanol–water partition coefficient (Wildman–Crippen LogP) is 0.227. The normalized spacial score (nSPS) is 20.2. The second kappa shape index (κ2) is 6.00. The molecular formula is C13H18N2O5S. The Bertz CT molecular complexity index is 629. The number of nitrogens with zero attached hydrogens (tertiary/aromatic N) is 2. The first-order valence-corrected chi connectivity index (χ1v) is 7.88. The minimum Gasteiger partial charge on any atom is -0.479 e. The number of carboxylic acids is 1. The highest BCUT2D eigenvalue weighted by molar-refractivity contribution is 7.89. The molecule has 1 aromatic rings. The van der Waals surface area contributed by atoms with Crippen LogP contribution in [0.25, 0.3) is 0 Å². The van der Waals surface area contributed by atoms with Crippen LogP contribution < -0.4 is 4.90 Å². The Labute approximate surface area is 123 Å². The summed E-state index contributed by atoms with van der Waals surface area (Å²) in [6, 6.07) is 6.55. The summed E-state index contributed by atoms with van der Waals surface area (Å²) in [4.78, 5) is 12.9. The Kier molecular flexibility index (Phi) is 4.50. The number of anilines is 1. The van der Waals surface area contributed by atoms with Gasteiger partial charge in [0.15, 0.2) is 6.10 Å². The fraction of sp³-hybridized carbons (Fsp3) is 0.462. The molecule has 0 radical (unpaired) electrons. The lowest BCUT2D eigenvalue weighted by molar-refractivity contribution is -0.153. The van der Waals surface area contributed by atoms with Gasteiger partial charge in [0, 0.05) is 26.3 Å². The van der Waals surface area contributed by atoms with E-state index >= 15 is 0 Å². The minimum atomic E-state index is -3.72. The molecule has 0 amide bonds. The van der Waals surface area contributed by atoms with E-state index in [-0.39, 0.29) is 24.6 Å². The van der Waals surface area contributed by atoms with Crippen molar-refractivity contribution in [1.82, 2.24) is 4.31 Å². The molecule has 1 N–H and O–H groups in total. The fourth-order valence-electron chi connectivity index (χ4n) is 2.06. The Morgan fingerprint density at radius 3 is 2.76 bits per heavy atom. The van der Waals surface area contributed by atoms with Crippen molar-refractivity contribution < 1.29 is 23.1 Å². The number of hydrogen-bond acceptors (Lipinski definition) is 5. The van der Waals surface area contributed by atoms with Gasteiger partial charge in [-0.15, -0.1) is 0 Å². The highest BCUT2D eigenvalue weighted by Crippen LogP contribution is 2.22. The van der Waals surface area contributed by atoms with Gasteiger partial charge in [-0.3, -0.25) is 0 Å². The van der Waals surface area contributed by atoms with Crippen LogP contribution in [0.15, 0.2) is 29.2 Å². The summed E-state index contributed by atoms with van der Waals surface area (Å²) in [5.74, 6) is -1.16. The monoisotopic (exact) mass is 314 g/mol. The van der Waals surface area contributed by atoms with Crippen molar-refractivity contribution in [1.29, 1.82) is 0 Å². The number of sulfonamides is 1. The summed E-state index contributed by atoms with van der Waals surface area (Å²) < 4.78 is 31.4. The van der Waals surface area contributed by atoms with Gasteiger partial charge in [-0.05, 0) is 18.2 Å². The van der Waals surface area contributed by atoms with Crippen LogP contribution in [-0.4, -0.2) is 63.7 Å². The largest absolute Gasteiger partial charge is 0.479 e. The first kappa shape index (κ1) is 15.7. The topological polar surface area (TPSA) is 87.2 Å². The first-order valence-electron chi connectivity index (χ1n) is 6.44. The molecule has 116 valence electrons. The molecule has 7 nitrogen and oxygen atoms in total. The van der Waals surface area contributed by atoms with E-state index in [4.69, 9.17) is 9.84 Å². The third-order valence-corrected chi connectivity index (χ3v) is 5.14. The van der Waals surface area contributed by atoms with Gasteiger partial charge >= 0.3 is 5.97 Å². The smallest absolute Gasteiger partial charge is 0.334 e. The van der Waals surface area contributed by atoms with Crippen LogP contribution in [0.1, 0.15) is 0 Å². The van der Waals surface area contributed by atoms with Crippen molar-refractivity contribution >= 4 is 21.7 Å². The Morgan fingerprint density at radius 1 is 1.43 bits per heavy atom. The van der Waals surface area contributed by atoms with Crippen LogP contribution in [0.5, 0.6) is 0 Å². The zero-order chi connectivity index (χ0) is 15.6. The number of aliphatic carboxylic acids is 1. The Balaban J connectivity index is 2.29. The average Bonchev–Trinajstić information content (AvgIpc) is 2.47. The number of morpholine rings is 1. The van der Waals surface area contributed by atoms with Gasteiger partial charge in [0.25, 0.3) is 0 Å². The highest BCUT2D eigenvalue weighted by atomic mass is 32.2. The first-order chi connectivity index (χ1) is 9.82. The maximum atomic E-state index is 12.6. The molecule has 1 aliphatic rings. The van der Waals surface area contributed by atoms with Gasteiger partial charge < -0.3 is 14.7 Å². The number of carbonyl (C=O) groups is 1. The van der Waals surface area contributed by atoms with E-state index in [0.29, 0.717) is 0 Å². The molecular weight excluding hydrogens is 296 g/mol. The van der Waals surface area contributed by atoms with Gasteiger partial charge in [0.05, 0.1) is 18.0 Å². The van der Waals surface area contributed by atoms with Gasteiger partial charge in [-0.1, -0.05) is 6.07 Å². The van der Waals surface area contributed by atoms with Crippen molar-refractivity contribution in [3.63, 3.8) is 0 Å². The van der Waals surface area contributed by atoms with Crippen molar-refractivity contribution in [3.05, 3.63) is 24.3 Å². The van der Waals surface area contributed by atoms with Crippen LogP contribution in [0.2, 0.25) is 0 Å². The standard InChI is InChI=1S/C13H18N2O5S/c1-14(2)10-4-3-5-11(8-10)21(18,19)15-6-7-20-12(9-15)13(16)17/h3-5,8,12H,6-7,9H2,1-2H3,(H,16,17). The maximum absolute atomic E-state index is 12.6. The molecule has 0 aromatic heterocycles. The number of benzene rings is 1. The lowest BCUT2D eigenvalue weighted by Gasteiger charge is -2.30. The van der Waals surface area contributed by atoms with Crippen LogP contribution in [-0.2, 0) is 19.6 Å². The zero-order valence-corrected chi connectivity index (χ0v) is 12.7. The summed E-state index contributed by atoms with van der Waals surface area (Å²) in [6.07, 6.45) is -1.12. The fourth-order valence-corrected chi connectivity index (χ4v) is 3.53. The third-order valence-electron chi connectivity index (χ3n) is 3.28. The molecule has 8 heteroatoms. The van der Waals surface area contributed by atoms with E-state index in [2.05, 4.69) is 0 Å². The van der Waals surface area contributed by atoms with Gasteiger partial charge in [0.1, 0.15) is 0 Å². The van der Waals surface area contributed by atoms with Crippen molar-refractivity contribution in [2.75, 3.05) is 38.7 Å². The third kappa shape index (κ3) is 3.34. The lowest BCUT2D eigenvalue weighted by Crippen LogP contribution is -2.48.